The van der Waals surface area contributed by atoms with Crippen LogP contribution >= 0.6 is 11.3 Å². The molecule has 0 radical (unpaired) electrons. The molecule has 1 heterocycles. The summed E-state index contributed by atoms with van der Waals surface area (Å²) in [5, 5.41) is 12.2. The van der Waals surface area contributed by atoms with E-state index in [0.29, 0.717) is 5.92 Å². The van der Waals surface area contributed by atoms with Gasteiger partial charge < -0.3 is 5.11 Å². The van der Waals surface area contributed by atoms with E-state index in [1.54, 1.807) is 11.3 Å². The number of aromatic nitrogens is 1. The van der Waals surface area contributed by atoms with Crippen LogP contribution in [-0.4, -0.2) is 10.1 Å². The summed E-state index contributed by atoms with van der Waals surface area (Å²) in [6.45, 7) is 2.37. The van der Waals surface area contributed by atoms with Gasteiger partial charge in [0.1, 0.15) is 0 Å². The van der Waals surface area contributed by atoms with Gasteiger partial charge in [0.25, 0.3) is 0 Å². The van der Waals surface area contributed by atoms with E-state index in [0.717, 1.165) is 11.6 Å². The molecule has 0 amide bonds. The second-order valence-corrected chi connectivity index (χ2v) is 5.36. The lowest BCUT2D eigenvalue weighted by Crippen LogP contribution is -2.13. The Morgan fingerprint density at radius 2 is 2.40 bits per heavy atom. The molecule has 3 heteroatoms. The van der Waals surface area contributed by atoms with Gasteiger partial charge in [0.05, 0.1) is 17.3 Å². The van der Waals surface area contributed by atoms with E-state index in [1.165, 1.54) is 37.1 Å². The summed E-state index contributed by atoms with van der Waals surface area (Å²) in [6.07, 6.45) is 6.63. The van der Waals surface area contributed by atoms with E-state index in [9.17, 15) is 0 Å². The van der Waals surface area contributed by atoms with Crippen molar-refractivity contribution in [2.45, 2.75) is 51.6 Å². The summed E-state index contributed by atoms with van der Waals surface area (Å²) >= 11 is 1.72. The number of aliphatic hydroxyl groups excluding tert-OH is 1. The SMILES string of the molecule is CCC1CCCC(c2nc(CO)cs2)C1. The van der Waals surface area contributed by atoms with Crippen LogP contribution in [0.5, 0.6) is 0 Å². The fourth-order valence-electron chi connectivity index (χ4n) is 2.47. The smallest absolute Gasteiger partial charge is 0.0960 e. The highest BCUT2D eigenvalue weighted by molar-refractivity contribution is 7.09. The molecule has 2 unspecified atom stereocenters. The Labute approximate surface area is 95.4 Å². The van der Waals surface area contributed by atoms with Crippen molar-refractivity contribution in [3.8, 4) is 0 Å². The van der Waals surface area contributed by atoms with Crippen LogP contribution in [0.3, 0.4) is 0 Å². The van der Waals surface area contributed by atoms with Gasteiger partial charge in [0.2, 0.25) is 0 Å². The topological polar surface area (TPSA) is 33.1 Å². The largest absolute Gasteiger partial charge is 0.390 e. The third kappa shape index (κ3) is 2.58. The van der Waals surface area contributed by atoms with Crippen LogP contribution in [-0.2, 0) is 6.61 Å². The fraction of sp³-hybridized carbons (Fsp3) is 0.750. The summed E-state index contributed by atoms with van der Waals surface area (Å²) < 4.78 is 0. The first-order valence-corrected chi connectivity index (χ1v) is 6.76. The maximum atomic E-state index is 8.99. The van der Waals surface area contributed by atoms with Gasteiger partial charge in [0, 0.05) is 11.3 Å². The van der Waals surface area contributed by atoms with Crippen molar-refractivity contribution in [2.24, 2.45) is 5.92 Å². The molecule has 1 aromatic heterocycles. The first kappa shape index (κ1) is 11.1. The minimum atomic E-state index is 0.0838. The van der Waals surface area contributed by atoms with Crippen molar-refractivity contribution >= 4 is 11.3 Å². The summed E-state index contributed by atoms with van der Waals surface area (Å²) in [5.74, 6) is 1.55. The van der Waals surface area contributed by atoms with Crippen LogP contribution in [0, 0.1) is 5.92 Å². The third-order valence-corrected chi connectivity index (χ3v) is 4.50. The van der Waals surface area contributed by atoms with Crippen molar-refractivity contribution < 1.29 is 5.11 Å². The second kappa shape index (κ2) is 5.08. The molecule has 0 spiro atoms. The first-order chi connectivity index (χ1) is 7.33. The van der Waals surface area contributed by atoms with Gasteiger partial charge in [0.15, 0.2) is 0 Å². The van der Waals surface area contributed by atoms with E-state index >= 15 is 0 Å². The van der Waals surface area contributed by atoms with Gasteiger partial charge in [-0.05, 0) is 18.8 Å². The number of aliphatic hydroxyl groups is 1. The predicted octanol–water partition coefficient (Wildman–Crippen LogP) is 3.32. The van der Waals surface area contributed by atoms with Gasteiger partial charge in [-0.3, -0.25) is 0 Å². The zero-order chi connectivity index (χ0) is 10.7. The van der Waals surface area contributed by atoms with Gasteiger partial charge in [-0.15, -0.1) is 11.3 Å². The molecule has 0 saturated heterocycles. The van der Waals surface area contributed by atoms with E-state index in [4.69, 9.17) is 5.11 Å². The Bertz CT molecular complexity index is 310. The molecular weight excluding hydrogens is 206 g/mol. The average molecular weight is 225 g/mol. The van der Waals surface area contributed by atoms with Crippen LogP contribution in [0.15, 0.2) is 5.38 Å². The number of hydrogen-bond donors (Lipinski definition) is 1. The van der Waals surface area contributed by atoms with E-state index < -0.39 is 0 Å². The predicted molar refractivity (Wildman–Crippen MR) is 63.0 cm³/mol. The highest BCUT2D eigenvalue weighted by Gasteiger charge is 2.24. The number of hydrogen-bond acceptors (Lipinski definition) is 3. The van der Waals surface area contributed by atoms with Crippen LogP contribution < -0.4 is 0 Å². The fourth-order valence-corrected chi connectivity index (χ4v) is 3.43. The lowest BCUT2D eigenvalue weighted by Gasteiger charge is -2.26. The Morgan fingerprint density at radius 1 is 1.53 bits per heavy atom. The monoisotopic (exact) mass is 225 g/mol. The summed E-state index contributed by atoms with van der Waals surface area (Å²) in [5.41, 5.74) is 0.841. The average Bonchev–Trinajstić information content (AvgIpc) is 2.78. The standard InChI is InChI=1S/C12H19NOS/c1-2-9-4-3-5-10(6-9)12-13-11(7-14)8-15-12/h8-10,14H,2-7H2,1H3. The molecule has 84 valence electrons. The molecule has 2 rings (SSSR count). The van der Waals surface area contributed by atoms with Crippen molar-refractivity contribution in [1.29, 1.82) is 0 Å². The molecule has 1 aromatic rings. The van der Waals surface area contributed by atoms with E-state index in [1.807, 2.05) is 5.38 Å². The van der Waals surface area contributed by atoms with Crippen molar-refractivity contribution in [3.63, 3.8) is 0 Å². The molecule has 0 bridgehead atoms. The van der Waals surface area contributed by atoms with E-state index in [2.05, 4.69) is 11.9 Å². The Morgan fingerprint density at radius 3 is 3.07 bits per heavy atom. The highest BCUT2D eigenvalue weighted by Crippen LogP contribution is 2.38. The van der Waals surface area contributed by atoms with E-state index in [-0.39, 0.29) is 6.61 Å². The van der Waals surface area contributed by atoms with Crippen LogP contribution in [0.1, 0.15) is 55.6 Å². The van der Waals surface area contributed by atoms with Crippen molar-refractivity contribution in [1.82, 2.24) is 4.98 Å². The minimum absolute atomic E-state index is 0.0838. The van der Waals surface area contributed by atoms with Gasteiger partial charge in [-0.1, -0.05) is 26.2 Å². The molecule has 1 aliphatic carbocycles. The van der Waals surface area contributed by atoms with Gasteiger partial charge in [-0.2, -0.15) is 0 Å². The molecule has 0 aliphatic heterocycles. The Kier molecular flexibility index (Phi) is 3.76. The molecule has 2 atom stereocenters. The van der Waals surface area contributed by atoms with Crippen LogP contribution in [0.2, 0.25) is 0 Å². The number of rotatable bonds is 3. The number of thiazole rings is 1. The zero-order valence-corrected chi connectivity index (χ0v) is 10.1. The lowest BCUT2D eigenvalue weighted by atomic mass is 9.80. The molecular formula is C12H19NOS. The molecule has 15 heavy (non-hydrogen) atoms. The highest BCUT2D eigenvalue weighted by atomic mass is 32.1. The Balaban J connectivity index is 2.03. The molecule has 2 nitrogen and oxygen atoms in total. The van der Waals surface area contributed by atoms with Crippen molar-refractivity contribution in [3.05, 3.63) is 16.1 Å². The van der Waals surface area contributed by atoms with Gasteiger partial charge >= 0.3 is 0 Å². The van der Waals surface area contributed by atoms with Crippen LogP contribution in [0.25, 0.3) is 0 Å². The zero-order valence-electron chi connectivity index (χ0n) is 9.28. The lowest BCUT2D eigenvalue weighted by molar-refractivity contribution is 0.276. The summed E-state index contributed by atoms with van der Waals surface area (Å²) in [7, 11) is 0. The first-order valence-electron chi connectivity index (χ1n) is 5.88. The molecule has 0 aromatic carbocycles. The summed E-state index contributed by atoms with van der Waals surface area (Å²) in [6, 6.07) is 0. The summed E-state index contributed by atoms with van der Waals surface area (Å²) in [4.78, 5) is 4.49. The molecule has 1 aliphatic rings. The van der Waals surface area contributed by atoms with Gasteiger partial charge in [-0.25, -0.2) is 4.98 Å². The normalized spacial score (nSPS) is 26.8. The maximum absolute atomic E-state index is 8.99. The Hall–Kier alpha value is -0.410. The van der Waals surface area contributed by atoms with Crippen LogP contribution in [0.4, 0.5) is 0 Å². The molecule has 1 saturated carbocycles. The quantitative estimate of drug-likeness (QED) is 0.856. The number of nitrogens with zero attached hydrogens (tertiary/aromatic N) is 1. The maximum Gasteiger partial charge on any atom is 0.0960 e. The van der Waals surface area contributed by atoms with Crippen molar-refractivity contribution in [2.75, 3.05) is 0 Å². The third-order valence-electron chi connectivity index (χ3n) is 3.44. The molecule has 1 fully saturated rings. The minimum Gasteiger partial charge on any atom is -0.390 e. The molecule has 1 N–H and O–H groups in total. The second-order valence-electron chi connectivity index (χ2n) is 4.47.